The van der Waals surface area contributed by atoms with Crippen LogP contribution in [0.2, 0.25) is 0 Å². The van der Waals surface area contributed by atoms with E-state index in [-0.39, 0.29) is 6.61 Å². The monoisotopic (exact) mass is 285 g/mol. The van der Waals surface area contributed by atoms with Crippen LogP contribution in [0.25, 0.3) is 0 Å². The smallest absolute Gasteiger partial charge is 0.276 e. The number of nitriles is 1. The third-order valence-corrected chi connectivity index (χ3v) is 2.24. The highest BCUT2D eigenvalue weighted by Crippen LogP contribution is 2.15. The molecule has 0 aromatic heterocycles. The Morgan fingerprint density at radius 2 is 2.05 bits per heavy atom. The molecule has 1 aromatic rings. The molecular formula is C15H15N3O3. The minimum absolute atomic E-state index is 0.308. The number of carbonyl (C=O) groups excluding carboxylic acids is 2. The van der Waals surface area contributed by atoms with Crippen molar-refractivity contribution >= 4 is 11.8 Å². The first kappa shape index (κ1) is 16.0. The number of rotatable bonds is 5. The number of nitrogens with one attached hydrogen (secondary N) is 2. The minimum Gasteiger partial charge on any atom is -0.482 e. The van der Waals surface area contributed by atoms with Crippen molar-refractivity contribution in [3.05, 3.63) is 54.1 Å². The van der Waals surface area contributed by atoms with E-state index in [1.165, 1.54) is 6.08 Å². The van der Waals surface area contributed by atoms with Crippen molar-refractivity contribution in [1.29, 1.82) is 5.26 Å². The van der Waals surface area contributed by atoms with Gasteiger partial charge in [0.1, 0.15) is 11.8 Å². The van der Waals surface area contributed by atoms with Gasteiger partial charge < -0.3 is 4.74 Å². The number of allylic oxidation sites excluding steroid dienone is 3. The number of hydrazine groups is 1. The highest BCUT2D eigenvalue weighted by atomic mass is 16.5. The van der Waals surface area contributed by atoms with E-state index < -0.39 is 11.8 Å². The summed E-state index contributed by atoms with van der Waals surface area (Å²) in [6, 6.07) is 8.52. The quantitative estimate of drug-likeness (QED) is 0.483. The largest absolute Gasteiger partial charge is 0.482 e. The zero-order valence-electron chi connectivity index (χ0n) is 11.5. The molecule has 0 heterocycles. The topological polar surface area (TPSA) is 91.2 Å². The first-order valence-electron chi connectivity index (χ1n) is 6.17. The molecule has 21 heavy (non-hydrogen) atoms. The molecule has 0 bridgehead atoms. The summed E-state index contributed by atoms with van der Waals surface area (Å²) in [7, 11) is 0. The predicted octanol–water partition coefficient (Wildman–Crippen LogP) is 1.22. The van der Waals surface area contributed by atoms with Crippen LogP contribution >= 0.6 is 0 Å². The van der Waals surface area contributed by atoms with Gasteiger partial charge in [-0.2, -0.15) is 5.26 Å². The molecule has 0 aliphatic carbocycles. The molecule has 0 spiro atoms. The van der Waals surface area contributed by atoms with Gasteiger partial charge in [-0.15, -0.1) is 0 Å². The summed E-state index contributed by atoms with van der Waals surface area (Å²) in [5.74, 6) is -0.677. The number of benzene rings is 1. The minimum atomic E-state index is -0.532. The number of para-hydroxylation sites is 1. The number of ether oxygens (including phenoxy) is 1. The zero-order chi connectivity index (χ0) is 15.5. The first-order valence-corrected chi connectivity index (χ1v) is 6.17. The van der Waals surface area contributed by atoms with Gasteiger partial charge in [0, 0.05) is 6.08 Å². The van der Waals surface area contributed by atoms with Crippen LogP contribution in [0, 0.1) is 11.3 Å². The van der Waals surface area contributed by atoms with Crippen molar-refractivity contribution in [2.24, 2.45) is 0 Å². The normalized spacial score (nSPS) is 10.3. The average molecular weight is 285 g/mol. The third-order valence-electron chi connectivity index (χ3n) is 2.24. The maximum atomic E-state index is 11.5. The average Bonchev–Trinajstić information content (AvgIpc) is 2.51. The second kappa shape index (κ2) is 8.93. The number of nitrogens with zero attached hydrogens (tertiary/aromatic N) is 1. The molecule has 6 nitrogen and oxygen atoms in total. The highest BCUT2D eigenvalue weighted by molar-refractivity contribution is 5.90. The van der Waals surface area contributed by atoms with E-state index in [4.69, 9.17) is 10.00 Å². The molecule has 6 heteroatoms. The molecule has 0 radical (unpaired) electrons. The van der Waals surface area contributed by atoms with Crippen LogP contribution in [0.5, 0.6) is 5.75 Å². The lowest BCUT2D eigenvalue weighted by molar-refractivity contribution is -0.128. The summed E-state index contributed by atoms with van der Waals surface area (Å²) in [5, 5.41) is 8.86. The summed E-state index contributed by atoms with van der Waals surface area (Å²) in [5.41, 5.74) is 4.73. The van der Waals surface area contributed by atoms with Gasteiger partial charge in [-0.25, -0.2) is 0 Å². The Kier molecular flexibility index (Phi) is 6.80. The van der Waals surface area contributed by atoms with Crippen LogP contribution < -0.4 is 15.6 Å². The fraction of sp³-hybridized carbons (Fsp3) is 0.133. The Bertz CT molecular complexity index is 600. The van der Waals surface area contributed by atoms with Crippen LogP contribution in [-0.4, -0.2) is 18.4 Å². The summed E-state index contributed by atoms with van der Waals surface area (Å²) in [6.07, 6.45) is 6.26. The highest BCUT2D eigenvalue weighted by Gasteiger charge is 2.06. The molecule has 0 saturated carbocycles. The molecule has 0 aliphatic heterocycles. The Labute approximate surface area is 122 Å². The SMILES string of the molecule is C/C=C/C=C/C(=O)NNC(=O)COc1ccccc1C#N. The van der Waals surface area contributed by atoms with Crippen molar-refractivity contribution in [3.8, 4) is 11.8 Å². The van der Waals surface area contributed by atoms with Crippen molar-refractivity contribution in [2.45, 2.75) is 6.92 Å². The van der Waals surface area contributed by atoms with Crippen LogP contribution in [-0.2, 0) is 9.59 Å². The van der Waals surface area contributed by atoms with Gasteiger partial charge in [0.15, 0.2) is 6.61 Å². The van der Waals surface area contributed by atoms with E-state index in [1.807, 2.05) is 13.0 Å². The zero-order valence-corrected chi connectivity index (χ0v) is 11.5. The van der Waals surface area contributed by atoms with Crippen LogP contribution in [0.3, 0.4) is 0 Å². The summed E-state index contributed by atoms with van der Waals surface area (Å²) in [6.45, 7) is 1.51. The van der Waals surface area contributed by atoms with Crippen molar-refractivity contribution < 1.29 is 14.3 Å². The number of hydrogen-bond acceptors (Lipinski definition) is 4. The van der Waals surface area contributed by atoms with Gasteiger partial charge in [-0.3, -0.25) is 20.4 Å². The van der Waals surface area contributed by atoms with Gasteiger partial charge >= 0.3 is 0 Å². The van der Waals surface area contributed by atoms with Gasteiger partial charge in [0.25, 0.3) is 11.8 Å². The van der Waals surface area contributed by atoms with Crippen molar-refractivity contribution in [3.63, 3.8) is 0 Å². The Morgan fingerprint density at radius 3 is 2.76 bits per heavy atom. The van der Waals surface area contributed by atoms with E-state index in [1.54, 1.807) is 42.5 Å². The Morgan fingerprint density at radius 1 is 1.29 bits per heavy atom. The number of carbonyl (C=O) groups is 2. The molecule has 0 aliphatic rings. The van der Waals surface area contributed by atoms with Gasteiger partial charge in [-0.05, 0) is 19.1 Å². The fourth-order valence-corrected chi connectivity index (χ4v) is 1.29. The molecule has 0 unspecified atom stereocenters. The summed E-state index contributed by atoms with van der Waals surface area (Å²) >= 11 is 0. The number of hydrogen-bond donors (Lipinski definition) is 2. The fourth-order valence-electron chi connectivity index (χ4n) is 1.29. The second-order valence-electron chi connectivity index (χ2n) is 3.82. The molecule has 1 aromatic carbocycles. The molecule has 0 fully saturated rings. The van der Waals surface area contributed by atoms with E-state index in [2.05, 4.69) is 10.9 Å². The lowest BCUT2D eigenvalue weighted by Gasteiger charge is -2.08. The van der Waals surface area contributed by atoms with E-state index in [0.29, 0.717) is 11.3 Å². The van der Waals surface area contributed by atoms with Gasteiger partial charge in [0.05, 0.1) is 5.56 Å². The maximum Gasteiger partial charge on any atom is 0.276 e. The molecule has 0 atom stereocenters. The molecule has 2 N–H and O–H groups in total. The second-order valence-corrected chi connectivity index (χ2v) is 3.82. The number of amides is 2. The van der Waals surface area contributed by atoms with E-state index in [0.717, 1.165) is 0 Å². The van der Waals surface area contributed by atoms with E-state index in [9.17, 15) is 9.59 Å². The van der Waals surface area contributed by atoms with Crippen LogP contribution in [0.15, 0.2) is 48.6 Å². The van der Waals surface area contributed by atoms with Crippen LogP contribution in [0.1, 0.15) is 12.5 Å². The van der Waals surface area contributed by atoms with Gasteiger partial charge in [0.2, 0.25) is 0 Å². The standard InChI is InChI=1S/C15H15N3O3/c1-2-3-4-9-14(19)17-18-15(20)11-21-13-8-6-5-7-12(13)10-16/h2-9H,11H2,1H3,(H,17,19)(H,18,20)/b3-2+,9-4+. The molecule has 108 valence electrons. The maximum absolute atomic E-state index is 11.5. The molecular weight excluding hydrogens is 270 g/mol. The van der Waals surface area contributed by atoms with Crippen molar-refractivity contribution in [1.82, 2.24) is 10.9 Å². The Balaban J connectivity index is 2.38. The van der Waals surface area contributed by atoms with E-state index >= 15 is 0 Å². The third kappa shape index (κ3) is 6.07. The molecule has 2 amide bonds. The first-order chi connectivity index (χ1) is 10.2. The van der Waals surface area contributed by atoms with Gasteiger partial charge in [-0.1, -0.05) is 30.4 Å². The lowest BCUT2D eigenvalue weighted by atomic mass is 10.2. The summed E-state index contributed by atoms with van der Waals surface area (Å²) < 4.78 is 5.21. The summed E-state index contributed by atoms with van der Waals surface area (Å²) in [4.78, 5) is 22.7. The Hall–Kier alpha value is -3.07. The molecule has 0 saturated heterocycles. The lowest BCUT2D eigenvalue weighted by Crippen LogP contribution is -2.43. The van der Waals surface area contributed by atoms with Crippen molar-refractivity contribution in [2.75, 3.05) is 6.61 Å². The van der Waals surface area contributed by atoms with Crippen LogP contribution in [0.4, 0.5) is 0 Å². The molecule has 1 rings (SSSR count). The predicted molar refractivity (Wildman–Crippen MR) is 76.9 cm³/mol.